The van der Waals surface area contributed by atoms with Crippen LogP contribution in [0.1, 0.15) is 35.4 Å². The molecule has 2 saturated heterocycles. The fourth-order valence-electron chi connectivity index (χ4n) is 3.44. The zero-order valence-electron chi connectivity index (χ0n) is 11.1. The van der Waals surface area contributed by atoms with Crippen LogP contribution in [0.25, 0.3) is 0 Å². The van der Waals surface area contributed by atoms with Crippen LogP contribution in [0, 0.1) is 0 Å². The molecule has 0 spiro atoms. The Kier molecular flexibility index (Phi) is 3.83. The van der Waals surface area contributed by atoms with Gasteiger partial charge in [-0.05, 0) is 51.4 Å². The average molecular weight is 299 g/mol. The van der Waals surface area contributed by atoms with Crippen LogP contribution in [0.4, 0.5) is 0 Å². The summed E-state index contributed by atoms with van der Waals surface area (Å²) in [5, 5.41) is 0. The Hall–Kier alpha value is -0.580. The third kappa shape index (κ3) is 2.54. The first-order chi connectivity index (χ1) is 9.16. The Bertz CT molecular complexity index is 476. The van der Waals surface area contributed by atoms with Gasteiger partial charge in [0.2, 0.25) is 0 Å². The van der Waals surface area contributed by atoms with Gasteiger partial charge in [0.1, 0.15) is 0 Å². The molecular weight excluding hydrogens is 280 g/mol. The van der Waals surface area contributed by atoms with Gasteiger partial charge in [-0.3, -0.25) is 4.79 Å². The zero-order chi connectivity index (χ0) is 13.4. The number of carbonyl (C=O) groups is 1. The highest BCUT2D eigenvalue weighted by molar-refractivity contribution is 7.17. The molecule has 0 aliphatic carbocycles. The maximum absolute atomic E-state index is 12.6. The minimum Gasteiger partial charge on any atom is -0.333 e. The van der Waals surface area contributed by atoms with E-state index in [2.05, 4.69) is 16.8 Å². The summed E-state index contributed by atoms with van der Waals surface area (Å²) in [5.74, 6) is 0.166. The van der Waals surface area contributed by atoms with Crippen molar-refractivity contribution in [3.05, 3.63) is 21.3 Å². The molecule has 19 heavy (non-hydrogen) atoms. The number of hydrogen-bond donors (Lipinski definition) is 0. The summed E-state index contributed by atoms with van der Waals surface area (Å²) >= 11 is 7.33. The topological polar surface area (TPSA) is 23.6 Å². The van der Waals surface area contributed by atoms with E-state index in [4.69, 9.17) is 11.6 Å². The second kappa shape index (κ2) is 5.43. The fourth-order valence-corrected chi connectivity index (χ4v) is 4.44. The fraction of sp³-hybridized carbons (Fsp3) is 0.643. The lowest BCUT2D eigenvalue weighted by Gasteiger charge is -2.33. The summed E-state index contributed by atoms with van der Waals surface area (Å²) < 4.78 is 0.692. The molecule has 0 radical (unpaired) electrons. The van der Waals surface area contributed by atoms with Crippen LogP contribution in [0.2, 0.25) is 4.34 Å². The lowest BCUT2D eigenvalue weighted by molar-refractivity contribution is 0.0669. The summed E-state index contributed by atoms with van der Waals surface area (Å²) in [6.45, 7) is 2.05. The van der Waals surface area contributed by atoms with Gasteiger partial charge in [-0.15, -0.1) is 11.3 Å². The average Bonchev–Trinajstić information content (AvgIpc) is 3.07. The Morgan fingerprint density at radius 2 is 2.00 bits per heavy atom. The largest absolute Gasteiger partial charge is 0.333 e. The second-order valence-electron chi connectivity index (χ2n) is 5.50. The number of amides is 1. The lowest BCUT2D eigenvalue weighted by Crippen LogP contribution is -2.46. The molecule has 3 nitrogen and oxygen atoms in total. The van der Waals surface area contributed by atoms with Crippen molar-refractivity contribution >= 4 is 28.8 Å². The summed E-state index contributed by atoms with van der Waals surface area (Å²) in [6, 6.07) is 4.60. The Morgan fingerprint density at radius 1 is 1.26 bits per heavy atom. The first-order valence-electron chi connectivity index (χ1n) is 6.93. The number of likely N-dealkylation sites (N-methyl/N-ethyl adjacent to an activating group) is 1. The molecule has 0 aromatic carbocycles. The van der Waals surface area contributed by atoms with E-state index in [1.54, 1.807) is 0 Å². The quantitative estimate of drug-likeness (QED) is 0.837. The maximum atomic E-state index is 12.6. The Labute approximate surface area is 123 Å². The molecule has 2 aliphatic heterocycles. The van der Waals surface area contributed by atoms with Crippen molar-refractivity contribution in [2.45, 2.75) is 37.8 Å². The van der Waals surface area contributed by atoms with Crippen LogP contribution in [0.3, 0.4) is 0 Å². The van der Waals surface area contributed by atoms with Crippen molar-refractivity contribution in [2.75, 3.05) is 20.1 Å². The van der Waals surface area contributed by atoms with Gasteiger partial charge in [0, 0.05) is 18.6 Å². The minimum atomic E-state index is 0.166. The molecule has 1 aromatic heterocycles. The molecule has 3 heterocycles. The van der Waals surface area contributed by atoms with Crippen molar-refractivity contribution < 1.29 is 4.79 Å². The molecule has 0 unspecified atom stereocenters. The Balaban J connectivity index is 1.77. The van der Waals surface area contributed by atoms with E-state index in [0.717, 1.165) is 30.8 Å². The number of likely N-dealkylation sites (tertiary alicyclic amines) is 2. The second-order valence-corrected chi connectivity index (χ2v) is 7.22. The van der Waals surface area contributed by atoms with Crippen molar-refractivity contribution in [3.63, 3.8) is 0 Å². The zero-order valence-corrected chi connectivity index (χ0v) is 12.7. The molecule has 5 heteroatoms. The molecule has 0 bridgehead atoms. The summed E-state index contributed by atoms with van der Waals surface area (Å²) in [7, 11) is 2.18. The number of rotatable bonds is 2. The van der Waals surface area contributed by atoms with Gasteiger partial charge in [-0.25, -0.2) is 0 Å². The van der Waals surface area contributed by atoms with Crippen LogP contribution in [0.15, 0.2) is 12.1 Å². The van der Waals surface area contributed by atoms with Crippen molar-refractivity contribution in [3.8, 4) is 0 Å². The van der Waals surface area contributed by atoms with Gasteiger partial charge in [0.25, 0.3) is 5.91 Å². The number of halogens is 1. The monoisotopic (exact) mass is 298 g/mol. The van der Waals surface area contributed by atoms with E-state index in [0.29, 0.717) is 16.4 Å². The summed E-state index contributed by atoms with van der Waals surface area (Å²) in [4.78, 5) is 17.9. The van der Waals surface area contributed by atoms with Crippen LogP contribution in [0.5, 0.6) is 0 Å². The number of carbonyl (C=O) groups excluding carboxylic acids is 1. The molecule has 2 atom stereocenters. The smallest absolute Gasteiger partial charge is 0.264 e. The van der Waals surface area contributed by atoms with Gasteiger partial charge >= 0.3 is 0 Å². The summed E-state index contributed by atoms with van der Waals surface area (Å²) in [5.41, 5.74) is 0. The molecular formula is C14H19ClN2OS. The van der Waals surface area contributed by atoms with Crippen LogP contribution >= 0.6 is 22.9 Å². The van der Waals surface area contributed by atoms with E-state index in [-0.39, 0.29) is 5.91 Å². The van der Waals surface area contributed by atoms with Crippen LogP contribution in [-0.4, -0.2) is 47.9 Å². The maximum Gasteiger partial charge on any atom is 0.264 e. The molecule has 0 saturated carbocycles. The van der Waals surface area contributed by atoms with E-state index >= 15 is 0 Å². The van der Waals surface area contributed by atoms with Gasteiger partial charge in [-0.2, -0.15) is 0 Å². The first-order valence-corrected chi connectivity index (χ1v) is 8.13. The third-order valence-corrected chi connectivity index (χ3v) is 5.58. The molecule has 1 aromatic rings. The first kappa shape index (κ1) is 13.4. The van der Waals surface area contributed by atoms with E-state index in [1.807, 2.05) is 12.1 Å². The van der Waals surface area contributed by atoms with Crippen molar-refractivity contribution in [1.29, 1.82) is 0 Å². The van der Waals surface area contributed by atoms with Crippen molar-refractivity contribution in [2.24, 2.45) is 0 Å². The molecule has 0 N–H and O–H groups in total. The highest BCUT2D eigenvalue weighted by Gasteiger charge is 2.38. The van der Waals surface area contributed by atoms with Gasteiger partial charge in [0.15, 0.2) is 0 Å². The van der Waals surface area contributed by atoms with Gasteiger partial charge < -0.3 is 9.80 Å². The van der Waals surface area contributed by atoms with Crippen molar-refractivity contribution in [1.82, 2.24) is 9.80 Å². The third-order valence-electron chi connectivity index (χ3n) is 4.37. The Morgan fingerprint density at radius 3 is 2.63 bits per heavy atom. The minimum absolute atomic E-state index is 0.166. The lowest BCUT2D eigenvalue weighted by atomic mass is 10.0. The molecule has 1 amide bonds. The SMILES string of the molecule is CN1CCC[C@@H]1[C@H]1CCCN1C(=O)c1ccc(Cl)s1. The van der Waals surface area contributed by atoms with Gasteiger partial charge in [0.05, 0.1) is 9.21 Å². The molecule has 104 valence electrons. The molecule has 2 fully saturated rings. The number of thiophene rings is 1. The highest BCUT2D eigenvalue weighted by atomic mass is 35.5. The normalized spacial score (nSPS) is 28.2. The summed E-state index contributed by atoms with van der Waals surface area (Å²) in [6.07, 6.45) is 4.74. The standard InChI is InChI=1S/C14H19ClN2OS/c1-16-8-2-4-10(16)11-5-3-9-17(11)14(18)12-6-7-13(15)19-12/h6-7,10-11H,2-5,8-9H2,1H3/t10-,11-/m1/s1. The predicted octanol–water partition coefficient (Wildman–Crippen LogP) is 3.10. The van der Waals surface area contributed by atoms with Crippen LogP contribution in [-0.2, 0) is 0 Å². The predicted molar refractivity (Wildman–Crippen MR) is 79.0 cm³/mol. The van der Waals surface area contributed by atoms with E-state index in [1.165, 1.54) is 24.2 Å². The molecule has 2 aliphatic rings. The van der Waals surface area contributed by atoms with E-state index < -0.39 is 0 Å². The number of nitrogens with zero attached hydrogens (tertiary/aromatic N) is 2. The highest BCUT2D eigenvalue weighted by Crippen LogP contribution is 2.31. The molecule has 3 rings (SSSR count). The number of hydrogen-bond acceptors (Lipinski definition) is 3. The van der Waals surface area contributed by atoms with Gasteiger partial charge in [-0.1, -0.05) is 11.6 Å². The van der Waals surface area contributed by atoms with Crippen LogP contribution < -0.4 is 0 Å². The van der Waals surface area contributed by atoms with E-state index in [9.17, 15) is 4.79 Å².